The zero-order chi connectivity index (χ0) is 21.8. The van der Waals surface area contributed by atoms with Crippen LogP contribution < -0.4 is 15.7 Å². The summed E-state index contributed by atoms with van der Waals surface area (Å²) in [6.45, 7) is 3.52. The second kappa shape index (κ2) is 8.88. The van der Waals surface area contributed by atoms with Gasteiger partial charge in [0.15, 0.2) is 6.61 Å². The zero-order valence-corrected chi connectivity index (χ0v) is 17.5. The van der Waals surface area contributed by atoms with Crippen LogP contribution in [0, 0.1) is 13.8 Å². The SMILES string of the molecule is Cc1cc(=O)oc2c(C)c(OCC(=O)Nc3ccccc3Cc3ccccc3)ccc12. The molecule has 1 amide bonds. The highest BCUT2D eigenvalue weighted by atomic mass is 16.5. The summed E-state index contributed by atoms with van der Waals surface area (Å²) in [5.74, 6) is 0.250. The summed E-state index contributed by atoms with van der Waals surface area (Å²) in [7, 11) is 0. The molecule has 156 valence electrons. The lowest BCUT2D eigenvalue weighted by atomic mass is 10.0. The van der Waals surface area contributed by atoms with Crippen LogP contribution in [-0.2, 0) is 11.2 Å². The maximum Gasteiger partial charge on any atom is 0.336 e. The first kappa shape index (κ1) is 20.4. The standard InChI is InChI=1S/C26H23NO4/c1-17-14-25(29)31-26-18(2)23(13-12-21(17)26)30-16-24(28)27-22-11-7-6-10-20(22)15-19-8-4-3-5-9-19/h3-14H,15-16H2,1-2H3,(H,27,28). The second-order valence-corrected chi connectivity index (χ2v) is 7.47. The van der Waals surface area contributed by atoms with Crippen molar-refractivity contribution in [1.29, 1.82) is 0 Å². The van der Waals surface area contributed by atoms with Crippen molar-refractivity contribution in [3.8, 4) is 5.75 Å². The number of hydrogen-bond donors (Lipinski definition) is 1. The Morgan fingerprint density at radius 1 is 0.968 bits per heavy atom. The highest BCUT2D eigenvalue weighted by molar-refractivity contribution is 5.93. The highest BCUT2D eigenvalue weighted by Crippen LogP contribution is 2.28. The number of carbonyl (C=O) groups excluding carboxylic acids is 1. The summed E-state index contributed by atoms with van der Waals surface area (Å²) in [5, 5.41) is 3.79. The number of hydrogen-bond acceptors (Lipinski definition) is 4. The Balaban J connectivity index is 1.47. The minimum atomic E-state index is -0.405. The summed E-state index contributed by atoms with van der Waals surface area (Å²) in [4.78, 5) is 24.3. The number of carbonyl (C=O) groups is 1. The minimum absolute atomic E-state index is 0.151. The van der Waals surface area contributed by atoms with Crippen LogP contribution in [0.25, 0.3) is 11.0 Å². The Labute approximate surface area is 180 Å². The summed E-state index contributed by atoms with van der Waals surface area (Å²) >= 11 is 0. The van der Waals surface area contributed by atoms with Gasteiger partial charge in [-0.3, -0.25) is 4.79 Å². The largest absolute Gasteiger partial charge is 0.483 e. The van der Waals surface area contributed by atoms with Gasteiger partial charge in [0.1, 0.15) is 11.3 Å². The molecular weight excluding hydrogens is 390 g/mol. The van der Waals surface area contributed by atoms with Crippen LogP contribution in [-0.4, -0.2) is 12.5 Å². The number of aryl methyl sites for hydroxylation is 2. The van der Waals surface area contributed by atoms with E-state index in [9.17, 15) is 9.59 Å². The monoisotopic (exact) mass is 413 g/mol. The molecule has 0 saturated carbocycles. The molecule has 4 aromatic rings. The number of para-hydroxylation sites is 1. The quantitative estimate of drug-likeness (QED) is 0.451. The number of fused-ring (bicyclic) bond motifs is 1. The van der Waals surface area contributed by atoms with E-state index < -0.39 is 5.63 Å². The van der Waals surface area contributed by atoms with Gasteiger partial charge in [0.2, 0.25) is 0 Å². The van der Waals surface area contributed by atoms with E-state index in [4.69, 9.17) is 9.15 Å². The lowest BCUT2D eigenvalue weighted by Gasteiger charge is -2.13. The normalized spacial score (nSPS) is 10.8. The first-order valence-electron chi connectivity index (χ1n) is 10.1. The lowest BCUT2D eigenvalue weighted by molar-refractivity contribution is -0.118. The van der Waals surface area contributed by atoms with Crippen LogP contribution >= 0.6 is 0 Å². The Bertz CT molecular complexity index is 1290. The fraction of sp³-hybridized carbons (Fsp3) is 0.154. The predicted octanol–water partition coefficient (Wildman–Crippen LogP) is 5.02. The van der Waals surface area contributed by atoms with Crippen LogP contribution in [0.1, 0.15) is 22.3 Å². The number of ether oxygens (including phenoxy) is 1. The van der Waals surface area contributed by atoms with Gasteiger partial charge in [-0.2, -0.15) is 0 Å². The van der Waals surface area contributed by atoms with E-state index >= 15 is 0 Å². The summed E-state index contributed by atoms with van der Waals surface area (Å²) in [6, 6.07) is 22.9. The van der Waals surface area contributed by atoms with Gasteiger partial charge in [0.05, 0.1) is 0 Å². The van der Waals surface area contributed by atoms with Crippen molar-refractivity contribution in [2.24, 2.45) is 0 Å². The molecule has 0 aliphatic rings. The number of nitrogens with one attached hydrogen (secondary N) is 1. The third-order valence-electron chi connectivity index (χ3n) is 5.21. The molecule has 0 saturated heterocycles. The molecule has 0 unspecified atom stereocenters. The molecule has 0 atom stereocenters. The number of anilines is 1. The van der Waals surface area contributed by atoms with E-state index in [1.165, 1.54) is 11.6 Å². The topological polar surface area (TPSA) is 68.5 Å². The van der Waals surface area contributed by atoms with Crippen molar-refractivity contribution in [1.82, 2.24) is 0 Å². The molecule has 0 radical (unpaired) electrons. The fourth-order valence-electron chi connectivity index (χ4n) is 3.60. The van der Waals surface area contributed by atoms with E-state index in [1.54, 1.807) is 6.07 Å². The Morgan fingerprint density at radius 3 is 2.52 bits per heavy atom. The molecule has 0 aliphatic carbocycles. The first-order chi connectivity index (χ1) is 15.0. The highest BCUT2D eigenvalue weighted by Gasteiger charge is 2.12. The van der Waals surface area contributed by atoms with Crippen molar-refractivity contribution in [2.45, 2.75) is 20.3 Å². The van der Waals surface area contributed by atoms with Crippen LogP contribution in [0.5, 0.6) is 5.75 Å². The van der Waals surface area contributed by atoms with Gasteiger partial charge in [0, 0.05) is 22.7 Å². The molecular formula is C26H23NO4. The number of amides is 1. The third-order valence-corrected chi connectivity index (χ3v) is 5.21. The number of rotatable bonds is 6. The molecule has 0 fully saturated rings. The van der Waals surface area contributed by atoms with Crippen molar-refractivity contribution in [3.63, 3.8) is 0 Å². The molecule has 1 N–H and O–H groups in total. The molecule has 1 heterocycles. The van der Waals surface area contributed by atoms with Gasteiger partial charge >= 0.3 is 5.63 Å². The summed E-state index contributed by atoms with van der Waals surface area (Å²) in [6.07, 6.45) is 0.723. The van der Waals surface area contributed by atoms with Crippen molar-refractivity contribution < 1.29 is 13.9 Å². The predicted molar refractivity (Wildman–Crippen MR) is 122 cm³/mol. The maximum absolute atomic E-state index is 12.6. The van der Waals surface area contributed by atoms with Crippen LogP contribution in [0.2, 0.25) is 0 Å². The third kappa shape index (κ3) is 4.67. The van der Waals surface area contributed by atoms with E-state index in [2.05, 4.69) is 17.4 Å². The molecule has 5 nitrogen and oxygen atoms in total. The zero-order valence-electron chi connectivity index (χ0n) is 17.5. The van der Waals surface area contributed by atoms with E-state index in [1.807, 2.05) is 62.4 Å². The van der Waals surface area contributed by atoms with Gasteiger partial charge in [-0.15, -0.1) is 0 Å². The van der Waals surface area contributed by atoms with Gasteiger partial charge in [-0.25, -0.2) is 4.79 Å². The smallest absolute Gasteiger partial charge is 0.336 e. The van der Waals surface area contributed by atoms with Crippen LogP contribution in [0.4, 0.5) is 5.69 Å². The minimum Gasteiger partial charge on any atom is -0.483 e. The second-order valence-electron chi connectivity index (χ2n) is 7.47. The van der Waals surface area contributed by atoms with Crippen molar-refractivity contribution in [2.75, 3.05) is 11.9 Å². The Morgan fingerprint density at radius 2 is 1.71 bits per heavy atom. The van der Waals surface area contributed by atoms with Gasteiger partial charge in [-0.1, -0.05) is 48.5 Å². The van der Waals surface area contributed by atoms with Crippen molar-refractivity contribution in [3.05, 3.63) is 105 Å². The molecule has 0 aliphatic heterocycles. The van der Waals surface area contributed by atoms with E-state index in [-0.39, 0.29) is 12.5 Å². The average molecular weight is 413 g/mol. The van der Waals surface area contributed by atoms with E-state index in [0.717, 1.165) is 28.6 Å². The van der Waals surface area contributed by atoms with Gasteiger partial charge in [-0.05, 0) is 55.2 Å². The maximum atomic E-state index is 12.6. The first-order valence-corrected chi connectivity index (χ1v) is 10.1. The van der Waals surface area contributed by atoms with Crippen molar-refractivity contribution >= 4 is 22.6 Å². The molecule has 4 rings (SSSR count). The number of benzene rings is 3. The molecule has 0 spiro atoms. The molecule has 31 heavy (non-hydrogen) atoms. The fourth-order valence-corrected chi connectivity index (χ4v) is 3.60. The van der Waals surface area contributed by atoms with Gasteiger partial charge < -0.3 is 14.5 Å². The molecule has 5 heteroatoms. The molecule has 0 bridgehead atoms. The summed E-state index contributed by atoms with van der Waals surface area (Å²) < 4.78 is 11.1. The van der Waals surface area contributed by atoms with Crippen LogP contribution in [0.3, 0.4) is 0 Å². The summed E-state index contributed by atoms with van der Waals surface area (Å²) in [5.41, 5.74) is 4.57. The molecule has 3 aromatic carbocycles. The van der Waals surface area contributed by atoms with Gasteiger partial charge in [0.25, 0.3) is 5.91 Å². The lowest BCUT2D eigenvalue weighted by Crippen LogP contribution is -2.21. The Kier molecular flexibility index (Phi) is 5.85. The molecule has 1 aromatic heterocycles. The average Bonchev–Trinajstić information content (AvgIpc) is 2.76. The van der Waals surface area contributed by atoms with E-state index in [0.29, 0.717) is 16.9 Å². The Hall–Kier alpha value is -3.86. The van der Waals surface area contributed by atoms with Crippen LogP contribution in [0.15, 0.2) is 82.0 Å².